The number of carbonyl (C=O) groups is 2. The van der Waals surface area contributed by atoms with E-state index in [4.69, 9.17) is 0 Å². The molecule has 2 amide bonds. The van der Waals surface area contributed by atoms with Crippen molar-refractivity contribution in [1.82, 2.24) is 15.8 Å². The van der Waals surface area contributed by atoms with E-state index in [-0.39, 0.29) is 36.6 Å². The van der Waals surface area contributed by atoms with E-state index in [0.717, 1.165) is 22.2 Å². The third kappa shape index (κ3) is 4.06. The Kier molecular flexibility index (Phi) is 5.93. The molecule has 3 rings (SSSR count). The minimum Gasteiger partial charge on any atom is -0.358 e. The van der Waals surface area contributed by atoms with Crippen molar-refractivity contribution in [3.05, 3.63) is 35.5 Å². The number of nitrogens with one attached hydrogen (secondary N) is 3. The Morgan fingerprint density at radius 3 is 2.84 bits per heavy atom. The summed E-state index contributed by atoms with van der Waals surface area (Å²) in [6.45, 7) is 3.74. The van der Waals surface area contributed by atoms with Gasteiger partial charge in [-0.2, -0.15) is 10.2 Å². The van der Waals surface area contributed by atoms with Crippen molar-refractivity contribution in [2.75, 3.05) is 0 Å². The summed E-state index contributed by atoms with van der Waals surface area (Å²) in [6.07, 6.45) is 2.28. The van der Waals surface area contributed by atoms with Crippen LogP contribution in [0, 0.1) is 12.8 Å². The Bertz CT molecular complexity index is 856. The SMILES string of the molecule is CC1=NNC(=O)C1CCC(=O)NN=Cc1c(C)[nH]c2ccccc12.Cl. The van der Waals surface area contributed by atoms with Crippen molar-refractivity contribution in [1.29, 1.82) is 0 Å². The summed E-state index contributed by atoms with van der Waals surface area (Å²) in [5.41, 5.74) is 8.61. The molecule has 0 bridgehead atoms. The van der Waals surface area contributed by atoms with Gasteiger partial charge in [-0.05, 0) is 26.3 Å². The first kappa shape index (κ1) is 18.7. The lowest BCUT2D eigenvalue weighted by molar-refractivity contribution is -0.123. The predicted molar refractivity (Wildman–Crippen MR) is 100.0 cm³/mol. The van der Waals surface area contributed by atoms with Gasteiger partial charge in [0.1, 0.15) is 0 Å². The van der Waals surface area contributed by atoms with Crippen molar-refractivity contribution in [2.45, 2.75) is 26.7 Å². The second kappa shape index (κ2) is 7.94. The zero-order valence-corrected chi connectivity index (χ0v) is 14.8. The van der Waals surface area contributed by atoms with Crippen LogP contribution in [0.1, 0.15) is 31.0 Å². The van der Waals surface area contributed by atoms with Crippen LogP contribution in [0.5, 0.6) is 0 Å². The van der Waals surface area contributed by atoms with Crippen LogP contribution in [-0.2, 0) is 9.59 Å². The van der Waals surface area contributed by atoms with E-state index in [1.165, 1.54) is 0 Å². The zero-order valence-electron chi connectivity index (χ0n) is 14.0. The van der Waals surface area contributed by atoms with Gasteiger partial charge in [-0.25, -0.2) is 10.9 Å². The normalized spacial score (nSPS) is 16.6. The number of amides is 2. The third-order valence-corrected chi connectivity index (χ3v) is 4.15. The van der Waals surface area contributed by atoms with E-state index in [9.17, 15) is 9.59 Å². The molecule has 2 aromatic rings. The van der Waals surface area contributed by atoms with Crippen molar-refractivity contribution >= 4 is 47.1 Å². The van der Waals surface area contributed by atoms with Crippen LogP contribution in [0.15, 0.2) is 34.5 Å². The summed E-state index contributed by atoms with van der Waals surface area (Å²) in [4.78, 5) is 26.7. The predicted octanol–water partition coefficient (Wildman–Crippen LogP) is 2.25. The zero-order chi connectivity index (χ0) is 17.1. The van der Waals surface area contributed by atoms with Gasteiger partial charge in [0, 0.05) is 34.3 Å². The molecule has 25 heavy (non-hydrogen) atoms. The van der Waals surface area contributed by atoms with Gasteiger partial charge < -0.3 is 4.98 Å². The first-order valence-electron chi connectivity index (χ1n) is 7.79. The highest BCUT2D eigenvalue weighted by Gasteiger charge is 2.26. The van der Waals surface area contributed by atoms with Gasteiger partial charge in [0.15, 0.2) is 0 Å². The Balaban J connectivity index is 0.00000225. The van der Waals surface area contributed by atoms with Gasteiger partial charge in [0.05, 0.1) is 12.1 Å². The average Bonchev–Trinajstić information content (AvgIpc) is 3.05. The minimum atomic E-state index is -0.324. The number of halogens is 1. The van der Waals surface area contributed by atoms with Crippen LogP contribution in [-0.4, -0.2) is 28.7 Å². The third-order valence-electron chi connectivity index (χ3n) is 4.15. The largest absolute Gasteiger partial charge is 0.358 e. The molecular formula is C17H20ClN5O2. The molecule has 1 aromatic carbocycles. The monoisotopic (exact) mass is 361 g/mol. The van der Waals surface area contributed by atoms with E-state index in [1.807, 2.05) is 31.2 Å². The molecule has 1 aromatic heterocycles. The number of hydrogen-bond donors (Lipinski definition) is 3. The highest BCUT2D eigenvalue weighted by Crippen LogP contribution is 2.19. The summed E-state index contributed by atoms with van der Waals surface area (Å²) >= 11 is 0. The van der Waals surface area contributed by atoms with Crippen molar-refractivity contribution < 1.29 is 9.59 Å². The maximum atomic E-state index is 11.9. The van der Waals surface area contributed by atoms with Crippen molar-refractivity contribution in [3.8, 4) is 0 Å². The number of hydrazone groups is 2. The first-order valence-corrected chi connectivity index (χ1v) is 7.79. The molecule has 1 aliphatic rings. The van der Waals surface area contributed by atoms with Crippen LogP contribution in [0.3, 0.4) is 0 Å². The molecule has 8 heteroatoms. The fraction of sp³-hybridized carbons (Fsp3) is 0.294. The molecule has 0 spiro atoms. The molecule has 1 aliphatic heterocycles. The summed E-state index contributed by atoms with van der Waals surface area (Å²) in [5.74, 6) is -0.704. The molecule has 132 valence electrons. The molecule has 0 aliphatic carbocycles. The first-order chi connectivity index (χ1) is 11.6. The van der Waals surface area contributed by atoms with Gasteiger partial charge in [-0.1, -0.05) is 18.2 Å². The molecule has 1 atom stereocenters. The van der Waals surface area contributed by atoms with Crippen molar-refractivity contribution in [2.24, 2.45) is 16.1 Å². The number of nitrogens with zero attached hydrogens (tertiary/aromatic N) is 2. The molecule has 3 N–H and O–H groups in total. The molecular weight excluding hydrogens is 342 g/mol. The number of hydrogen-bond acceptors (Lipinski definition) is 4. The summed E-state index contributed by atoms with van der Waals surface area (Å²) in [6, 6.07) is 7.92. The Morgan fingerprint density at radius 1 is 1.36 bits per heavy atom. The molecule has 0 radical (unpaired) electrons. The number of para-hydroxylation sites is 1. The number of aromatic amines is 1. The lowest BCUT2D eigenvalue weighted by atomic mass is 9.99. The highest BCUT2D eigenvalue weighted by molar-refractivity contribution is 6.07. The lowest BCUT2D eigenvalue weighted by Gasteiger charge is -2.06. The quantitative estimate of drug-likeness (QED) is 0.562. The fourth-order valence-electron chi connectivity index (χ4n) is 2.79. The number of aromatic nitrogens is 1. The topological polar surface area (TPSA) is 98.7 Å². The Labute approximate surface area is 151 Å². The molecule has 2 heterocycles. The van der Waals surface area contributed by atoms with Gasteiger partial charge in [0.2, 0.25) is 11.8 Å². The lowest BCUT2D eigenvalue weighted by Crippen LogP contribution is -2.25. The standard InChI is InChI=1S/C17H19N5O2.ClH/c1-10-14(13-5-3-4-6-15(13)19-10)9-18-21-16(23)8-7-12-11(2)20-22-17(12)24;/h3-6,9,12,19H,7-8H2,1-2H3,(H,21,23)(H,22,24);1H. The molecule has 0 fully saturated rings. The Hall–Kier alpha value is -2.67. The van der Waals surface area contributed by atoms with E-state index < -0.39 is 0 Å². The number of benzene rings is 1. The van der Waals surface area contributed by atoms with Gasteiger partial charge in [-0.3, -0.25) is 9.59 Å². The van der Waals surface area contributed by atoms with E-state index in [2.05, 4.69) is 26.0 Å². The maximum Gasteiger partial charge on any atom is 0.248 e. The smallest absolute Gasteiger partial charge is 0.248 e. The number of fused-ring (bicyclic) bond motifs is 1. The molecule has 1 unspecified atom stereocenters. The molecule has 0 saturated carbocycles. The van der Waals surface area contributed by atoms with E-state index in [1.54, 1.807) is 13.1 Å². The van der Waals surface area contributed by atoms with Crippen LogP contribution >= 0.6 is 12.4 Å². The molecule has 7 nitrogen and oxygen atoms in total. The van der Waals surface area contributed by atoms with Crippen LogP contribution in [0.2, 0.25) is 0 Å². The maximum absolute atomic E-state index is 11.9. The van der Waals surface area contributed by atoms with E-state index >= 15 is 0 Å². The number of rotatable bonds is 5. The number of aryl methyl sites for hydroxylation is 1. The second-order valence-electron chi connectivity index (χ2n) is 5.82. The summed E-state index contributed by atoms with van der Waals surface area (Å²) in [5, 5.41) is 8.95. The summed E-state index contributed by atoms with van der Waals surface area (Å²) in [7, 11) is 0. The van der Waals surface area contributed by atoms with Gasteiger partial charge in [-0.15, -0.1) is 12.4 Å². The summed E-state index contributed by atoms with van der Waals surface area (Å²) < 4.78 is 0. The van der Waals surface area contributed by atoms with Crippen LogP contribution in [0.25, 0.3) is 10.9 Å². The highest BCUT2D eigenvalue weighted by atomic mass is 35.5. The van der Waals surface area contributed by atoms with Crippen LogP contribution < -0.4 is 10.9 Å². The second-order valence-corrected chi connectivity index (χ2v) is 5.82. The van der Waals surface area contributed by atoms with Gasteiger partial charge in [0.25, 0.3) is 0 Å². The van der Waals surface area contributed by atoms with Crippen molar-refractivity contribution in [3.63, 3.8) is 0 Å². The number of H-pyrrole nitrogens is 1. The van der Waals surface area contributed by atoms with E-state index in [0.29, 0.717) is 12.1 Å². The van der Waals surface area contributed by atoms with Crippen LogP contribution in [0.4, 0.5) is 0 Å². The van der Waals surface area contributed by atoms with Gasteiger partial charge >= 0.3 is 0 Å². The Morgan fingerprint density at radius 2 is 2.12 bits per heavy atom. The average molecular weight is 362 g/mol. The fourth-order valence-corrected chi connectivity index (χ4v) is 2.79. The molecule has 0 saturated heterocycles. The number of carbonyl (C=O) groups excluding carboxylic acids is 2. The minimum absolute atomic E-state index is 0.